The standard InChI is InChI=1S/C15H25N/c1-10(2)13-8-7-9-16-15(12(5)6)14(13)11(3)4/h7-12,16H,1-6H3. The van der Waals surface area contributed by atoms with Gasteiger partial charge in [-0.25, -0.2) is 0 Å². The second kappa shape index (κ2) is 5.38. The highest BCUT2D eigenvalue weighted by molar-refractivity contribution is 5.42. The summed E-state index contributed by atoms with van der Waals surface area (Å²) in [4.78, 5) is 0. The first-order chi connectivity index (χ1) is 7.45. The smallest absolute Gasteiger partial charge is 0.0210 e. The van der Waals surface area contributed by atoms with E-state index < -0.39 is 0 Å². The molecule has 0 atom stereocenters. The van der Waals surface area contributed by atoms with Crippen LogP contribution >= 0.6 is 0 Å². The van der Waals surface area contributed by atoms with Gasteiger partial charge in [0.05, 0.1) is 0 Å². The molecule has 0 unspecified atom stereocenters. The Labute approximate surface area is 100 Å². The fourth-order valence-corrected chi connectivity index (χ4v) is 2.24. The van der Waals surface area contributed by atoms with Gasteiger partial charge in [0.25, 0.3) is 0 Å². The Morgan fingerprint density at radius 2 is 1.50 bits per heavy atom. The number of rotatable bonds is 3. The van der Waals surface area contributed by atoms with Crippen LogP contribution in [0.15, 0.2) is 35.2 Å². The number of hydrogen-bond acceptors (Lipinski definition) is 1. The third kappa shape index (κ3) is 2.78. The van der Waals surface area contributed by atoms with E-state index in [0.29, 0.717) is 17.8 Å². The van der Waals surface area contributed by atoms with Crippen molar-refractivity contribution in [2.75, 3.05) is 0 Å². The molecule has 0 bridgehead atoms. The lowest BCUT2D eigenvalue weighted by atomic mass is 9.84. The molecule has 0 aromatic heterocycles. The number of allylic oxidation sites excluding steroid dienone is 5. The maximum Gasteiger partial charge on any atom is 0.0210 e. The first kappa shape index (κ1) is 13.1. The highest BCUT2D eigenvalue weighted by Gasteiger charge is 2.20. The highest BCUT2D eigenvalue weighted by atomic mass is 14.9. The molecular formula is C15H25N. The van der Waals surface area contributed by atoms with Crippen LogP contribution in [0.2, 0.25) is 0 Å². The number of hydrogen-bond donors (Lipinski definition) is 1. The van der Waals surface area contributed by atoms with Gasteiger partial charge < -0.3 is 5.32 Å². The van der Waals surface area contributed by atoms with E-state index in [-0.39, 0.29) is 0 Å². The van der Waals surface area contributed by atoms with E-state index in [9.17, 15) is 0 Å². The van der Waals surface area contributed by atoms with Crippen molar-refractivity contribution in [2.24, 2.45) is 17.8 Å². The molecule has 0 aromatic rings. The van der Waals surface area contributed by atoms with Crippen molar-refractivity contribution in [3.05, 3.63) is 35.2 Å². The second-order valence-corrected chi connectivity index (χ2v) is 5.42. The summed E-state index contributed by atoms with van der Waals surface area (Å²) in [6.07, 6.45) is 6.42. The lowest BCUT2D eigenvalue weighted by Crippen LogP contribution is -2.18. The predicted octanol–water partition coefficient (Wildman–Crippen LogP) is 4.25. The Morgan fingerprint density at radius 1 is 0.875 bits per heavy atom. The predicted molar refractivity (Wildman–Crippen MR) is 71.9 cm³/mol. The lowest BCUT2D eigenvalue weighted by Gasteiger charge is -2.24. The molecule has 1 rings (SSSR count). The molecule has 0 saturated carbocycles. The molecule has 90 valence electrons. The van der Waals surface area contributed by atoms with Crippen LogP contribution in [0.5, 0.6) is 0 Å². The molecule has 1 aliphatic rings. The van der Waals surface area contributed by atoms with Crippen molar-refractivity contribution in [3.63, 3.8) is 0 Å². The third-order valence-electron chi connectivity index (χ3n) is 2.99. The number of nitrogens with one attached hydrogen (secondary N) is 1. The van der Waals surface area contributed by atoms with Crippen molar-refractivity contribution in [1.29, 1.82) is 0 Å². The average Bonchev–Trinajstić information content (AvgIpc) is 2.38. The lowest BCUT2D eigenvalue weighted by molar-refractivity contribution is 0.636. The molecule has 0 saturated heterocycles. The van der Waals surface area contributed by atoms with Crippen LogP contribution in [0.25, 0.3) is 0 Å². The summed E-state index contributed by atoms with van der Waals surface area (Å²) in [5, 5.41) is 3.44. The topological polar surface area (TPSA) is 12.0 Å². The van der Waals surface area contributed by atoms with Gasteiger partial charge in [-0.3, -0.25) is 0 Å². The van der Waals surface area contributed by atoms with Gasteiger partial charge in [0.15, 0.2) is 0 Å². The van der Waals surface area contributed by atoms with Crippen LogP contribution in [0.1, 0.15) is 41.5 Å². The van der Waals surface area contributed by atoms with E-state index in [1.165, 1.54) is 16.8 Å². The molecule has 1 heterocycles. The first-order valence-electron chi connectivity index (χ1n) is 6.32. The molecule has 1 aliphatic heterocycles. The van der Waals surface area contributed by atoms with Crippen LogP contribution in [0.4, 0.5) is 0 Å². The maximum absolute atomic E-state index is 3.44. The molecule has 1 N–H and O–H groups in total. The summed E-state index contributed by atoms with van der Waals surface area (Å²) in [5.74, 6) is 1.69. The van der Waals surface area contributed by atoms with Crippen molar-refractivity contribution in [1.82, 2.24) is 5.32 Å². The van der Waals surface area contributed by atoms with E-state index in [2.05, 4.69) is 59.0 Å². The molecular weight excluding hydrogens is 194 g/mol. The molecule has 16 heavy (non-hydrogen) atoms. The molecule has 1 heteroatoms. The highest BCUT2D eigenvalue weighted by Crippen LogP contribution is 2.31. The summed E-state index contributed by atoms with van der Waals surface area (Å²) in [6, 6.07) is 0. The first-order valence-corrected chi connectivity index (χ1v) is 6.32. The Balaban J connectivity index is 3.29. The minimum atomic E-state index is 0.544. The van der Waals surface area contributed by atoms with Crippen molar-refractivity contribution in [3.8, 4) is 0 Å². The minimum absolute atomic E-state index is 0.544. The van der Waals surface area contributed by atoms with E-state index in [1.807, 2.05) is 6.20 Å². The van der Waals surface area contributed by atoms with Gasteiger partial charge >= 0.3 is 0 Å². The maximum atomic E-state index is 3.44. The second-order valence-electron chi connectivity index (χ2n) is 5.42. The zero-order valence-electron chi connectivity index (χ0n) is 11.5. The Hall–Kier alpha value is -0.980. The third-order valence-corrected chi connectivity index (χ3v) is 2.99. The normalized spacial score (nSPS) is 16.9. The van der Waals surface area contributed by atoms with Crippen LogP contribution in [0, 0.1) is 17.8 Å². The molecule has 0 aliphatic carbocycles. The molecule has 0 amide bonds. The van der Waals surface area contributed by atoms with Crippen molar-refractivity contribution in [2.45, 2.75) is 41.5 Å². The van der Waals surface area contributed by atoms with Gasteiger partial charge in [-0.2, -0.15) is 0 Å². The molecule has 1 nitrogen and oxygen atoms in total. The quantitative estimate of drug-likeness (QED) is 0.748. The van der Waals surface area contributed by atoms with Crippen molar-refractivity contribution < 1.29 is 0 Å². The Kier molecular flexibility index (Phi) is 4.40. The fraction of sp³-hybridized carbons (Fsp3) is 0.600. The van der Waals surface area contributed by atoms with E-state index >= 15 is 0 Å². The van der Waals surface area contributed by atoms with E-state index in [4.69, 9.17) is 0 Å². The average molecular weight is 219 g/mol. The summed E-state index contributed by atoms with van der Waals surface area (Å²) < 4.78 is 0. The fourth-order valence-electron chi connectivity index (χ4n) is 2.24. The Bertz CT molecular complexity index is 327. The summed E-state index contributed by atoms with van der Waals surface area (Å²) >= 11 is 0. The van der Waals surface area contributed by atoms with Gasteiger partial charge in [-0.05, 0) is 35.0 Å². The van der Waals surface area contributed by atoms with Crippen LogP contribution in [0.3, 0.4) is 0 Å². The summed E-state index contributed by atoms with van der Waals surface area (Å²) in [6.45, 7) is 13.6. The molecule has 0 radical (unpaired) electrons. The van der Waals surface area contributed by atoms with Crippen molar-refractivity contribution >= 4 is 0 Å². The van der Waals surface area contributed by atoms with Crippen LogP contribution < -0.4 is 5.32 Å². The Morgan fingerprint density at radius 3 is 1.94 bits per heavy atom. The molecule has 0 aromatic carbocycles. The monoisotopic (exact) mass is 219 g/mol. The van der Waals surface area contributed by atoms with Crippen LogP contribution in [-0.4, -0.2) is 0 Å². The van der Waals surface area contributed by atoms with Crippen LogP contribution in [-0.2, 0) is 0 Å². The van der Waals surface area contributed by atoms with E-state index in [1.54, 1.807) is 0 Å². The van der Waals surface area contributed by atoms with Gasteiger partial charge in [-0.15, -0.1) is 0 Å². The molecule has 0 fully saturated rings. The zero-order chi connectivity index (χ0) is 12.3. The van der Waals surface area contributed by atoms with Gasteiger partial charge in [0.1, 0.15) is 0 Å². The molecule has 0 spiro atoms. The summed E-state index contributed by atoms with van der Waals surface area (Å²) in [7, 11) is 0. The minimum Gasteiger partial charge on any atom is -0.365 e. The zero-order valence-corrected chi connectivity index (χ0v) is 11.5. The SMILES string of the molecule is CC(C)C1=CC=CNC(C(C)C)=C1C(C)C. The van der Waals surface area contributed by atoms with Gasteiger partial charge in [0, 0.05) is 11.9 Å². The van der Waals surface area contributed by atoms with Gasteiger partial charge in [0.2, 0.25) is 0 Å². The van der Waals surface area contributed by atoms with E-state index in [0.717, 1.165) is 0 Å². The summed E-state index contributed by atoms with van der Waals surface area (Å²) in [5.41, 5.74) is 4.35. The largest absolute Gasteiger partial charge is 0.365 e. The van der Waals surface area contributed by atoms with Gasteiger partial charge in [-0.1, -0.05) is 47.6 Å².